The fourth-order valence-electron chi connectivity index (χ4n) is 4.08. The molecule has 0 aromatic carbocycles. The fraction of sp³-hybridized carbons (Fsp3) is 0.647. The van der Waals surface area contributed by atoms with E-state index in [1.807, 2.05) is 0 Å². The Balaban J connectivity index is 1.43. The SMILES string of the molecule is CC1CCC2(CC1)NC(=O)N(CC(=O)N1CCc3[nH]ncc3C1)C2=O. The Morgan fingerprint density at radius 3 is 2.88 bits per heavy atom. The molecule has 1 aromatic heterocycles. The molecule has 1 spiro atoms. The van der Waals surface area contributed by atoms with Crippen molar-refractivity contribution in [1.82, 2.24) is 25.3 Å². The number of hydrogen-bond acceptors (Lipinski definition) is 4. The number of amides is 4. The van der Waals surface area contributed by atoms with Crippen LogP contribution in [-0.2, 0) is 22.6 Å². The second-order valence-corrected chi connectivity index (χ2v) is 7.53. The minimum absolute atomic E-state index is 0.185. The average molecular weight is 345 g/mol. The predicted molar refractivity (Wildman–Crippen MR) is 88.3 cm³/mol. The summed E-state index contributed by atoms with van der Waals surface area (Å²) >= 11 is 0. The van der Waals surface area contributed by atoms with Gasteiger partial charge >= 0.3 is 6.03 Å². The van der Waals surface area contributed by atoms with E-state index in [9.17, 15) is 14.4 Å². The molecule has 134 valence electrons. The van der Waals surface area contributed by atoms with Gasteiger partial charge in [0.15, 0.2) is 0 Å². The Kier molecular flexibility index (Phi) is 3.77. The molecule has 2 aliphatic heterocycles. The van der Waals surface area contributed by atoms with Crippen LogP contribution in [0.2, 0.25) is 0 Å². The van der Waals surface area contributed by atoms with Gasteiger partial charge in [-0.3, -0.25) is 19.6 Å². The van der Waals surface area contributed by atoms with Crippen molar-refractivity contribution in [2.24, 2.45) is 5.92 Å². The number of imide groups is 1. The van der Waals surface area contributed by atoms with Gasteiger partial charge in [-0.2, -0.15) is 5.10 Å². The Labute approximate surface area is 145 Å². The predicted octanol–water partition coefficient (Wildman–Crippen LogP) is 0.795. The molecule has 0 radical (unpaired) electrons. The Hall–Kier alpha value is -2.38. The number of H-pyrrole nitrogens is 1. The van der Waals surface area contributed by atoms with Gasteiger partial charge in [-0.1, -0.05) is 6.92 Å². The molecule has 1 saturated carbocycles. The van der Waals surface area contributed by atoms with Crippen molar-refractivity contribution >= 4 is 17.8 Å². The highest BCUT2D eigenvalue weighted by atomic mass is 16.2. The van der Waals surface area contributed by atoms with Crippen LogP contribution in [0.25, 0.3) is 0 Å². The zero-order chi connectivity index (χ0) is 17.6. The minimum atomic E-state index is -0.788. The molecule has 25 heavy (non-hydrogen) atoms. The Morgan fingerprint density at radius 2 is 2.12 bits per heavy atom. The molecule has 3 aliphatic rings. The van der Waals surface area contributed by atoms with Crippen molar-refractivity contribution in [2.45, 2.75) is 51.1 Å². The molecule has 0 atom stereocenters. The van der Waals surface area contributed by atoms with Gasteiger partial charge in [0.25, 0.3) is 5.91 Å². The van der Waals surface area contributed by atoms with Crippen LogP contribution in [0.4, 0.5) is 4.79 Å². The quantitative estimate of drug-likeness (QED) is 0.775. The highest BCUT2D eigenvalue weighted by Crippen LogP contribution is 2.36. The summed E-state index contributed by atoms with van der Waals surface area (Å²) in [5.74, 6) is 0.138. The third kappa shape index (κ3) is 2.69. The molecular weight excluding hydrogens is 322 g/mol. The monoisotopic (exact) mass is 345 g/mol. The van der Waals surface area contributed by atoms with Gasteiger partial charge in [-0.15, -0.1) is 0 Å². The second-order valence-electron chi connectivity index (χ2n) is 7.53. The summed E-state index contributed by atoms with van der Waals surface area (Å²) in [6.45, 7) is 3.02. The van der Waals surface area contributed by atoms with Crippen LogP contribution in [0.3, 0.4) is 0 Å². The third-order valence-electron chi connectivity index (χ3n) is 5.82. The van der Waals surface area contributed by atoms with Crippen molar-refractivity contribution in [3.63, 3.8) is 0 Å². The number of nitrogens with one attached hydrogen (secondary N) is 2. The van der Waals surface area contributed by atoms with E-state index in [1.165, 1.54) is 0 Å². The zero-order valence-electron chi connectivity index (χ0n) is 14.4. The highest BCUT2D eigenvalue weighted by Gasteiger charge is 2.52. The topological polar surface area (TPSA) is 98.4 Å². The largest absolute Gasteiger partial charge is 0.336 e. The van der Waals surface area contributed by atoms with Crippen molar-refractivity contribution in [1.29, 1.82) is 0 Å². The molecule has 2 fully saturated rings. The number of rotatable bonds is 2. The highest BCUT2D eigenvalue weighted by molar-refractivity contribution is 6.09. The van der Waals surface area contributed by atoms with Crippen molar-refractivity contribution in [2.75, 3.05) is 13.1 Å². The minimum Gasteiger partial charge on any atom is -0.336 e. The molecule has 0 unspecified atom stereocenters. The molecule has 1 saturated heterocycles. The molecule has 2 N–H and O–H groups in total. The van der Waals surface area contributed by atoms with Gasteiger partial charge in [0.1, 0.15) is 12.1 Å². The Bertz CT molecular complexity index is 720. The first kappa shape index (κ1) is 16.1. The lowest BCUT2D eigenvalue weighted by Crippen LogP contribution is -2.50. The summed E-state index contributed by atoms with van der Waals surface area (Å²) in [5.41, 5.74) is 1.26. The molecule has 4 amide bonds. The maximum atomic E-state index is 12.8. The van der Waals surface area contributed by atoms with Crippen LogP contribution in [0, 0.1) is 5.92 Å². The summed E-state index contributed by atoms with van der Waals surface area (Å²) in [4.78, 5) is 40.6. The van der Waals surface area contributed by atoms with Crippen LogP contribution in [0.1, 0.15) is 43.9 Å². The van der Waals surface area contributed by atoms with Crippen molar-refractivity contribution in [3.05, 3.63) is 17.5 Å². The first-order valence-corrected chi connectivity index (χ1v) is 8.91. The molecule has 3 heterocycles. The van der Waals surface area contributed by atoms with E-state index in [1.54, 1.807) is 11.1 Å². The van der Waals surface area contributed by atoms with E-state index < -0.39 is 11.6 Å². The first-order valence-electron chi connectivity index (χ1n) is 8.91. The van der Waals surface area contributed by atoms with Crippen LogP contribution >= 0.6 is 0 Å². The van der Waals surface area contributed by atoms with E-state index in [2.05, 4.69) is 22.4 Å². The standard InChI is InChI=1S/C17H23N5O3/c1-11-2-5-17(6-3-11)15(24)22(16(25)19-17)10-14(23)21-7-4-13-12(9-21)8-18-20-13/h8,11H,2-7,9-10H2,1H3,(H,18,20)(H,19,25). The smallest absolute Gasteiger partial charge is 0.325 e. The lowest BCUT2D eigenvalue weighted by Gasteiger charge is -2.33. The maximum Gasteiger partial charge on any atom is 0.325 e. The third-order valence-corrected chi connectivity index (χ3v) is 5.82. The van der Waals surface area contributed by atoms with Crippen LogP contribution in [0.15, 0.2) is 6.20 Å². The normalized spacial score (nSPS) is 29.1. The second kappa shape index (κ2) is 5.86. The summed E-state index contributed by atoms with van der Waals surface area (Å²) in [5, 5.41) is 9.79. The fourth-order valence-corrected chi connectivity index (χ4v) is 4.08. The van der Waals surface area contributed by atoms with Crippen molar-refractivity contribution in [3.8, 4) is 0 Å². The number of aromatic amines is 1. The number of nitrogens with zero attached hydrogens (tertiary/aromatic N) is 3. The van der Waals surface area contributed by atoms with Gasteiger partial charge < -0.3 is 10.2 Å². The molecule has 8 heteroatoms. The first-order chi connectivity index (χ1) is 12.0. The number of carbonyl (C=O) groups excluding carboxylic acids is 3. The van der Waals surface area contributed by atoms with E-state index in [0.29, 0.717) is 38.3 Å². The van der Waals surface area contributed by atoms with Gasteiger partial charge in [0, 0.05) is 30.8 Å². The number of urea groups is 1. The van der Waals surface area contributed by atoms with Crippen LogP contribution in [0.5, 0.6) is 0 Å². The molecular formula is C17H23N5O3. The average Bonchev–Trinajstić information content (AvgIpc) is 3.16. The van der Waals surface area contributed by atoms with Crippen molar-refractivity contribution < 1.29 is 14.4 Å². The van der Waals surface area contributed by atoms with Crippen LogP contribution in [-0.4, -0.2) is 56.5 Å². The summed E-state index contributed by atoms with van der Waals surface area (Å²) in [7, 11) is 0. The van der Waals surface area contributed by atoms with Gasteiger partial charge in [-0.25, -0.2) is 4.79 Å². The number of fused-ring (bicyclic) bond motifs is 1. The molecule has 4 rings (SSSR count). The molecule has 1 aliphatic carbocycles. The Morgan fingerprint density at radius 1 is 1.36 bits per heavy atom. The molecule has 0 bridgehead atoms. The summed E-state index contributed by atoms with van der Waals surface area (Å²) < 4.78 is 0. The summed E-state index contributed by atoms with van der Waals surface area (Å²) in [6.07, 6.45) is 5.59. The number of carbonyl (C=O) groups is 3. The number of hydrogen-bond donors (Lipinski definition) is 2. The summed E-state index contributed by atoms with van der Waals surface area (Å²) in [6, 6.07) is -0.436. The van der Waals surface area contributed by atoms with Crippen LogP contribution < -0.4 is 5.32 Å². The van der Waals surface area contributed by atoms with E-state index >= 15 is 0 Å². The van der Waals surface area contributed by atoms with Gasteiger partial charge in [-0.05, 0) is 31.6 Å². The molecule has 1 aromatic rings. The van der Waals surface area contributed by atoms with E-state index in [-0.39, 0.29) is 18.4 Å². The maximum absolute atomic E-state index is 12.8. The lowest BCUT2D eigenvalue weighted by molar-refractivity contribution is -0.140. The molecule has 8 nitrogen and oxygen atoms in total. The number of aromatic nitrogens is 2. The lowest BCUT2D eigenvalue weighted by atomic mass is 9.77. The van der Waals surface area contributed by atoms with Gasteiger partial charge in [0.2, 0.25) is 5.91 Å². The van der Waals surface area contributed by atoms with E-state index in [0.717, 1.165) is 29.0 Å². The zero-order valence-corrected chi connectivity index (χ0v) is 14.4. The van der Waals surface area contributed by atoms with E-state index in [4.69, 9.17) is 0 Å². The van der Waals surface area contributed by atoms with Gasteiger partial charge in [0.05, 0.1) is 6.20 Å².